The van der Waals surface area contributed by atoms with Gasteiger partial charge in [-0.25, -0.2) is 0 Å². The Morgan fingerprint density at radius 1 is 1.25 bits per heavy atom. The van der Waals surface area contributed by atoms with Crippen molar-refractivity contribution in [2.75, 3.05) is 13.1 Å². The lowest BCUT2D eigenvalue weighted by atomic mass is 9.69. The van der Waals surface area contributed by atoms with Gasteiger partial charge in [0, 0.05) is 0 Å². The molecule has 1 aromatic rings. The highest BCUT2D eigenvalue weighted by Crippen LogP contribution is 2.44. The van der Waals surface area contributed by atoms with Gasteiger partial charge >= 0.3 is 6.18 Å². The third-order valence-corrected chi connectivity index (χ3v) is 4.25. The van der Waals surface area contributed by atoms with Gasteiger partial charge in [0.15, 0.2) is 0 Å². The van der Waals surface area contributed by atoms with Crippen LogP contribution in [0.5, 0.6) is 0 Å². The van der Waals surface area contributed by atoms with Crippen LogP contribution < -0.4 is 5.32 Å². The molecule has 2 rings (SSSR count). The number of nitrogens with one attached hydrogen (secondary N) is 1. The van der Waals surface area contributed by atoms with Gasteiger partial charge in [-0.2, -0.15) is 13.2 Å². The molecule has 0 aromatic heterocycles. The number of aryl methyl sites for hydroxylation is 1. The molecule has 0 radical (unpaired) electrons. The van der Waals surface area contributed by atoms with E-state index in [1.165, 1.54) is 18.6 Å². The summed E-state index contributed by atoms with van der Waals surface area (Å²) in [5.41, 5.74) is 1.32. The minimum Gasteiger partial charge on any atom is -0.316 e. The Labute approximate surface area is 118 Å². The summed E-state index contributed by atoms with van der Waals surface area (Å²) >= 11 is 0. The molecule has 1 nitrogen and oxygen atoms in total. The second-order valence-corrected chi connectivity index (χ2v) is 5.72. The van der Waals surface area contributed by atoms with Gasteiger partial charge in [0.1, 0.15) is 0 Å². The fourth-order valence-corrected chi connectivity index (χ4v) is 2.96. The van der Waals surface area contributed by atoms with Crippen molar-refractivity contribution in [3.8, 4) is 0 Å². The maximum Gasteiger partial charge on any atom is 0.416 e. The normalized spacial score (nSPS) is 22.6. The molecule has 0 saturated heterocycles. The van der Waals surface area contributed by atoms with Crippen LogP contribution in [0.15, 0.2) is 18.2 Å². The van der Waals surface area contributed by atoms with E-state index in [4.69, 9.17) is 0 Å². The predicted molar refractivity (Wildman–Crippen MR) is 74.8 cm³/mol. The first kappa shape index (κ1) is 15.4. The number of halogens is 3. The summed E-state index contributed by atoms with van der Waals surface area (Å²) in [5, 5.41) is 3.41. The van der Waals surface area contributed by atoms with Gasteiger partial charge in [0.25, 0.3) is 0 Å². The molecule has 1 saturated carbocycles. The van der Waals surface area contributed by atoms with Crippen LogP contribution in [0.1, 0.15) is 48.8 Å². The summed E-state index contributed by atoms with van der Waals surface area (Å²) in [7, 11) is 0. The SMILES string of the molecule is CCCNCC1CCC1c1ccc(C(F)(F)F)cc1C. The van der Waals surface area contributed by atoms with E-state index < -0.39 is 11.7 Å². The van der Waals surface area contributed by atoms with Crippen LogP contribution in [0.3, 0.4) is 0 Å². The third-order valence-electron chi connectivity index (χ3n) is 4.25. The van der Waals surface area contributed by atoms with E-state index >= 15 is 0 Å². The lowest BCUT2D eigenvalue weighted by molar-refractivity contribution is -0.137. The zero-order valence-electron chi connectivity index (χ0n) is 12.1. The third kappa shape index (κ3) is 3.35. The smallest absolute Gasteiger partial charge is 0.316 e. The molecule has 2 unspecified atom stereocenters. The molecule has 0 heterocycles. The van der Waals surface area contributed by atoms with Gasteiger partial charge in [0.05, 0.1) is 5.56 Å². The first-order valence-corrected chi connectivity index (χ1v) is 7.32. The fraction of sp³-hybridized carbons (Fsp3) is 0.625. The van der Waals surface area contributed by atoms with Crippen molar-refractivity contribution in [3.05, 3.63) is 34.9 Å². The Kier molecular flexibility index (Phi) is 4.74. The molecule has 1 aromatic carbocycles. The fourth-order valence-electron chi connectivity index (χ4n) is 2.96. The summed E-state index contributed by atoms with van der Waals surface area (Å²) in [6, 6.07) is 4.18. The van der Waals surface area contributed by atoms with E-state index in [2.05, 4.69) is 12.2 Å². The Morgan fingerprint density at radius 3 is 2.50 bits per heavy atom. The molecular weight excluding hydrogens is 263 g/mol. The molecule has 0 aliphatic heterocycles. The summed E-state index contributed by atoms with van der Waals surface area (Å²) in [6.07, 6.45) is -0.881. The standard InChI is InChI=1S/C16H22F3N/c1-3-8-20-10-12-4-6-15(12)14-7-5-13(9-11(14)2)16(17,18)19/h5,7,9,12,15,20H,3-4,6,8,10H2,1-2H3. The highest BCUT2D eigenvalue weighted by atomic mass is 19.4. The van der Waals surface area contributed by atoms with Crippen molar-refractivity contribution in [1.82, 2.24) is 5.32 Å². The van der Waals surface area contributed by atoms with Gasteiger partial charge in [-0.3, -0.25) is 0 Å². The lowest BCUT2D eigenvalue weighted by Crippen LogP contribution is -2.34. The topological polar surface area (TPSA) is 12.0 Å². The van der Waals surface area contributed by atoms with Crippen molar-refractivity contribution in [2.45, 2.75) is 45.2 Å². The highest BCUT2D eigenvalue weighted by Gasteiger charge is 2.35. The van der Waals surface area contributed by atoms with Gasteiger partial charge < -0.3 is 5.32 Å². The zero-order valence-corrected chi connectivity index (χ0v) is 12.1. The Balaban J connectivity index is 2.06. The van der Waals surface area contributed by atoms with E-state index in [0.717, 1.165) is 37.1 Å². The molecule has 2 atom stereocenters. The van der Waals surface area contributed by atoms with Crippen molar-refractivity contribution >= 4 is 0 Å². The van der Waals surface area contributed by atoms with Crippen LogP contribution in [-0.4, -0.2) is 13.1 Å². The first-order valence-electron chi connectivity index (χ1n) is 7.32. The molecule has 0 amide bonds. The monoisotopic (exact) mass is 285 g/mol. The van der Waals surface area contributed by atoms with Crippen LogP contribution in [0.4, 0.5) is 13.2 Å². The number of benzene rings is 1. The van der Waals surface area contributed by atoms with E-state index in [9.17, 15) is 13.2 Å². The van der Waals surface area contributed by atoms with Crippen LogP contribution >= 0.6 is 0 Å². The van der Waals surface area contributed by atoms with Gasteiger partial charge in [-0.15, -0.1) is 0 Å². The van der Waals surface area contributed by atoms with E-state index in [-0.39, 0.29) is 0 Å². The number of hydrogen-bond acceptors (Lipinski definition) is 1. The number of rotatable bonds is 5. The van der Waals surface area contributed by atoms with E-state index in [0.29, 0.717) is 11.8 Å². The largest absolute Gasteiger partial charge is 0.416 e. The van der Waals surface area contributed by atoms with Crippen LogP contribution in [0.25, 0.3) is 0 Å². The Bertz CT molecular complexity index is 454. The van der Waals surface area contributed by atoms with Crippen molar-refractivity contribution in [3.63, 3.8) is 0 Å². The molecule has 20 heavy (non-hydrogen) atoms. The second kappa shape index (κ2) is 6.17. The molecule has 1 N–H and O–H groups in total. The maximum absolute atomic E-state index is 12.7. The Hall–Kier alpha value is -1.03. The summed E-state index contributed by atoms with van der Waals surface area (Å²) in [6.45, 7) is 5.90. The molecular formula is C16H22F3N. The van der Waals surface area contributed by atoms with Crippen molar-refractivity contribution in [2.24, 2.45) is 5.92 Å². The summed E-state index contributed by atoms with van der Waals surface area (Å²) in [4.78, 5) is 0. The van der Waals surface area contributed by atoms with Gasteiger partial charge in [-0.05, 0) is 74.4 Å². The van der Waals surface area contributed by atoms with E-state index in [1.54, 1.807) is 13.0 Å². The molecule has 0 bridgehead atoms. The molecule has 4 heteroatoms. The number of hydrogen-bond donors (Lipinski definition) is 1. The summed E-state index contributed by atoms with van der Waals surface area (Å²) < 4.78 is 38.0. The average Bonchev–Trinajstić information content (AvgIpc) is 2.34. The van der Waals surface area contributed by atoms with Crippen LogP contribution in [0, 0.1) is 12.8 Å². The molecule has 0 spiro atoms. The van der Waals surface area contributed by atoms with Crippen molar-refractivity contribution < 1.29 is 13.2 Å². The van der Waals surface area contributed by atoms with E-state index in [1.807, 2.05) is 0 Å². The minimum absolute atomic E-state index is 0.418. The summed E-state index contributed by atoms with van der Waals surface area (Å²) in [5.74, 6) is 0.985. The number of alkyl halides is 3. The highest BCUT2D eigenvalue weighted by molar-refractivity contribution is 5.36. The minimum atomic E-state index is -4.25. The molecule has 1 aliphatic rings. The molecule has 1 fully saturated rings. The predicted octanol–water partition coefficient (Wildman–Crippen LogP) is 4.51. The average molecular weight is 285 g/mol. The lowest BCUT2D eigenvalue weighted by Gasteiger charge is -2.38. The maximum atomic E-state index is 12.7. The first-order chi connectivity index (χ1) is 9.43. The molecule has 1 aliphatic carbocycles. The van der Waals surface area contributed by atoms with Crippen LogP contribution in [0.2, 0.25) is 0 Å². The zero-order chi connectivity index (χ0) is 14.8. The second-order valence-electron chi connectivity index (χ2n) is 5.72. The molecule has 112 valence electrons. The Morgan fingerprint density at radius 2 is 2.00 bits per heavy atom. The van der Waals surface area contributed by atoms with Crippen molar-refractivity contribution in [1.29, 1.82) is 0 Å². The van der Waals surface area contributed by atoms with Gasteiger partial charge in [0.2, 0.25) is 0 Å². The quantitative estimate of drug-likeness (QED) is 0.785. The van der Waals surface area contributed by atoms with Crippen LogP contribution in [-0.2, 0) is 6.18 Å². The van der Waals surface area contributed by atoms with Gasteiger partial charge in [-0.1, -0.05) is 13.0 Å².